The van der Waals surface area contributed by atoms with Gasteiger partial charge in [-0.3, -0.25) is 19.6 Å². The van der Waals surface area contributed by atoms with Gasteiger partial charge in [0.05, 0.1) is 0 Å². The van der Waals surface area contributed by atoms with Crippen LogP contribution in [0.3, 0.4) is 0 Å². The zero-order valence-electron chi connectivity index (χ0n) is 36.2. The van der Waals surface area contributed by atoms with Crippen molar-refractivity contribution in [1.29, 1.82) is 0 Å². The summed E-state index contributed by atoms with van der Waals surface area (Å²) in [6, 6.07) is 33.1. The van der Waals surface area contributed by atoms with E-state index in [0.29, 0.717) is 46.8 Å². The van der Waals surface area contributed by atoms with Gasteiger partial charge in [0, 0.05) is 65.9 Å². The van der Waals surface area contributed by atoms with Crippen LogP contribution in [-0.4, -0.2) is 65.4 Å². The molecular weight excluding hydrogens is 967 g/mol. The molecule has 8 rings (SSSR count). The second kappa shape index (κ2) is 20.7. The number of rotatable bonds is 16. The summed E-state index contributed by atoms with van der Waals surface area (Å²) in [5, 5.41) is 11.8. The Kier molecular flexibility index (Phi) is 14.9. The topological polar surface area (TPSA) is 213 Å². The van der Waals surface area contributed by atoms with Gasteiger partial charge in [-0.25, -0.2) is 16.8 Å². The number of fused-ring (bicyclic) bond motifs is 2. The first-order valence-electron chi connectivity index (χ1n) is 20.8. The van der Waals surface area contributed by atoms with E-state index in [0.717, 1.165) is 33.9 Å². The molecule has 4 aromatic heterocycles. The number of ether oxygens (including phenoxy) is 1. The Labute approximate surface area is 395 Å². The van der Waals surface area contributed by atoms with Crippen molar-refractivity contribution in [2.75, 3.05) is 0 Å². The molecule has 0 saturated carbocycles. The molecule has 22 heteroatoms. The van der Waals surface area contributed by atoms with E-state index in [1.54, 1.807) is 103 Å². The number of aliphatic carboxylic acids is 1. The van der Waals surface area contributed by atoms with Gasteiger partial charge >= 0.3 is 24.3 Å². The number of alkyl halides is 6. The van der Waals surface area contributed by atoms with Gasteiger partial charge in [0.25, 0.3) is 0 Å². The molecule has 0 aliphatic rings. The van der Waals surface area contributed by atoms with E-state index in [1.807, 2.05) is 18.2 Å². The Morgan fingerprint density at radius 1 is 0.600 bits per heavy atom. The highest BCUT2D eigenvalue weighted by molar-refractivity contribution is 7.89. The van der Waals surface area contributed by atoms with Crippen LogP contribution in [0.2, 0.25) is 0 Å². The summed E-state index contributed by atoms with van der Waals surface area (Å²) in [5.74, 6) is -2.27. The fourth-order valence-corrected chi connectivity index (χ4v) is 9.82. The number of aromatic nitrogens is 4. The number of aromatic amines is 2. The third-order valence-corrected chi connectivity index (χ3v) is 13.8. The molecule has 2 atom stereocenters. The van der Waals surface area contributed by atoms with Crippen LogP contribution >= 0.6 is 0 Å². The number of hydrogen-bond acceptors (Lipinski definition) is 9. The van der Waals surface area contributed by atoms with Crippen molar-refractivity contribution in [2.24, 2.45) is 0 Å². The van der Waals surface area contributed by atoms with E-state index >= 15 is 0 Å². The van der Waals surface area contributed by atoms with Crippen LogP contribution in [0.5, 0.6) is 0 Å². The number of benzene rings is 4. The first-order chi connectivity index (χ1) is 33.1. The quantitative estimate of drug-likeness (QED) is 0.0461. The monoisotopic (exact) mass is 1010 g/mol. The minimum Gasteiger partial charge on any atom is -0.480 e. The van der Waals surface area contributed by atoms with Crippen LogP contribution in [0.15, 0.2) is 168 Å². The molecule has 5 N–H and O–H groups in total. The molecule has 8 aromatic rings. The van der Waals surface area contributed by atoms with E-state index in [4.69, 9.17) is 4.74 Å². The van der Waals surface area contributed by atoms with Crippen molar-refractivity contribution in [3.8, 4) is 0 Å². The molecule has 0 saturated heterocycles. The summed E-state index contributed by atoms with van der Waals surface area (Å²) in [5.41, 5.74) is -0.497. The molecule has 0 amide bonds. The zero-order valence-corrected chi connectivity index (χ0v) is 37.8. The lowest BCUT2D eigenvalue weighted by Crippen LogP contribution is -2.57. The average Bonchev–Trinajstić information content (AvgIpc) is 3.94. The number of para-hydroxylation sites is 2. The molecule has 4 heterocycles. The molecule has 70 heavy (non-hydrogen) atoms. The number of carbonyl (C=O) groups is 2. The number of esters is 1. The highest BCUT2D eigenvalue weighted by Crippen LogP contribution is 2.31. The number of nitrogens with zero attached hydrogens (tertiary/aromatic N) is 2. The molecule has 0 radical (unpaired) electrons. The second-order valence-electron chi connectivity index (χ2n) is 15.8. The van der Waals surface area contributed by atoms with Crippen molar-refractivity contribution in [1.82, 2.24) is 29.4 Å². The number of hydrogen-bond donors (Lipinski definition) is 5. The third kappa shape index (κ3) is 12.2. The van der Waals surface area contributed by atoms with Gasteiger partial charge in [0.15, 0.2) is 0 Å². The van der Waals surface area contributed by atoms with Gasteiger partial charge in [-0.15, -0.1) is 0 Å². The first kappa shape index (κ1) is 50.5. The smallest absolute Gasteiger partial charge is 0.433 e. The number of pyridine rings is 2. The van der Waals surface area contributed by atoms with Crippen LogP contribution in [-0.2, 0) is 72.6 Å². The number of carboxylic acids is 1. The Hall–Kier alpha value is -7.40. The van der Waals surface area contributed by atoms with Crippen LogP contribution < -0.4 is 9.44 Å². The minimum atomic E-state index is -4.75. The number of H-pyrrole nitrogens is 2. The lowest BCUT2D eigenvalue weighted by Gasteiger charge is -2.30. The predicted molar refractivity (Wildman–Crippen MR) is 244 cm³/mol. The molecule has 364 valence electrons. The van der Waals surface area contributed by atoms with Gasteiger partial charge in [0.1, 0.15) is 39.4 Å². The zero-order chi connectivity index (χ0) is 50.3. The Morgan fingerprint density at radius 2 is 1.07 bits per heavy atom. The first-order valence-corrected chi connectivity index (χ1v) is 23.8. The summed E-state index contributed by atoms with van der Waals surface area (Å²) < 4.78 is 139. The average molecular weight is 1010 g/mol. The molecule has 0 aliphatic heterocycles. The van der Waals surface area contributed by atoms with Crippen molar-refractivity contribution in [2.45, 2.75) is 59.6 Å². The van der Waals surface area contributed by atoms with Gasteiger partial charge in [-0.05, 0) is 58.7 Å². The molecule has 0 unspecified atom stereocenters. The minimum absolute atomic E-state index is 0.0507. The fourth-order valence-electron chi connectivity index (χ4n) is 7.39. The molecule has 0 aliphatic carbocycles. The predicted octanol–water partition coefficient (Wildman–Crippen LogP) is 8.38. The third-order valence-electron chi connectivity index (χ3n) is 10.8. The lowest BCUT2D eigenvalue weighted by atomic mass is 9.85. The fraction of sp³-hybridized carbons (Fsp3) is 0.167. The number of sulfonamides is 2. The number of carbonyl (C=O) groups excluding carboxylic acids is 1. The summed E-state index contributed by atoms with van der Waals surface area (Å²) >= 11 is 0. The summed E-state index contributed by atoms with van der Waals surface area (Å²) in [7, 11) is -8.97. The maximum atomic E-state index is 13.2. The van der Waals surface area contributed by atoms with Gasteiger partial charge in [-0.2, -0.15) is 35.8 Å². The van der Waals surface area contributed by atoms with Crippen molar-refractivity contribution >= 4 is 53.8 Å². The second-order valence-corrected chi connectivity index (χ2v) is 19.2. The lowest BCUT2D eigenvalue weighted by molar-refractivity contribution is -0.147. The van der Waals surface area contributed by atoms with E-state index in [9.17, 15) is 57.9 Å². The van der Waals surface area contributed by atoms with Gasteiger partial charge < -0.3 is 19.8 Å². The maximum absolute atomic E-state index is 13.2. The largest absolute Gasteiger partial charge is 0.480 e. The molecule has 4 aromatic carbocycles. The van der Waals surface area contributed by atoms with Crippen LogP contribution in [0.4, 0.5) is 26.3 Å². The number of nitrogens with one attached hydrogen (secondary N) is 4. The summed E-state index contributed by atoms with van der Waals surface area (Å²) in [4.78, 5) is 37.0. The number of halogens is 6. The Morgan fingerprint density at radius 3 is 1.57 bits per heavy atom. The van der Waals surface area contributed by atoms with Crippen molar-refractivity contribution < 1.29 is 62.6 Å². The molecule has 0 spiro atoms. The molecular formula is C48H40F6N6O8S2. The molecule has 0 bridgehead atoms. The molecule has 14 nitrogen and oxygen atoms in total. The Bertz CT molecular complexity index is 3320. The van der Waals surface area contributed by atoms with Crippen LogP contribution in [0.25, 0.3) is 21.8 Å². The van der Waals surface area contributed by atoms with E-state index in [-0.39, 0.29) is 25.9 Å². The van der Waals surface area contributed by atoms with Gasteiger partial charge in [0.2, 0.25) is 20.0 Å². The normalized spacial score (nSPS) is 13.5. The SMILES string of the molecule is O=C(O)[C@](Cc1ccccc1)(Cc1c[nH]c2ccccc12)NS(=O)(=O)c1ccc(C(F)(F)F)nc1.O=C(OCc1ccccc1)[C@H](Cc1c[nH]c2ccccc12)NS(=O)(=O)c1ccc(C(F)(F)F)nc1. The summed E-state index contributed by atoms with van der Waals surface area (Å²) in [6.45, 7) is -0.0758. The Balaban J connectivity index is 0.000000206. The van der Waals surface area contributed by atoms with Crippen molar-refractivity contribution in [3.05, 3.63) is 192 Å². The van der Waals surface area contributed by atoms with E-state index in [1.165, 1.54) is 0 Å². The maximum Gasteiger partial charge on any atom is 0.433 e. The number of carboxylic acid groups (broad SMARTS) is 1. The standard InChI is InChI=1S/2C24H20F3N3O4S/c25-24(26,27)22-11-10-18(14-29-22)35(32,33)30-21(23(31)34-15-16-6-2-1-3-7-16)12-17-13-28-20-9-5-4-8-19(17)20;25-24(26,27)21-11-10-18(15-29-21)35(33,34)30-23(22(31)32,12-16-6-2-1-3-7-16)13-17-14-28-20-9-5-4-8-19(17)20/h1-11,13-14,21,28,30H,12,15H2;1-11,14-15,28,30H,12-13H2,(H,31,32)/t21-;23-/m00/s1. The summed E-state index contributed by atoms with van der Waals surface area (Å²) in [6.07, 6.45) is -5.51. The van der Waals surface area contributed by atoms with E-state index in [2.05, 4.69) is 29.4 Å². The van der Waals surface area contributed by atoms with Gasteiger partial charge in [-0.1, -0.05) is 97.1 Å². The van der Waals surface area contributed by atoms with Crippen molar-refractivity contribution in [3.63, 3.8) is 0 Å². The van der Waals surface area contributed by atoms with Crippen LogP contribution in [0.1, 0.15) is 33.6 Å². The highest BCUT2D eigenvalue weighted by atomic mass is 32.2. The van der Waals surface area contributed by atoms with Crippen LogP contribution in [0, 0.1) is 0 Å². The highest BCUT2D eigenvalue weighted by Gasteiger charge is 2.44. The van der Waals surface area contributed by atoms with E-state index < -0.39 is 77.1 Å². The molecule has 0 fully saturated rings.